The molecule has 0 aliphatic carbocycles. The van der Waals surface area contributed by atoms with Crippen LogP contribution >= 0.6 is 15.9 Å². The molecule has 3 nitrogen and oxygen atoms in total. The van der Waals surface area contributed by atoms with Crippen molar-refractivity contribution in [2.45, 2.75) is 20.3 Å². The van der Waals surface area contributed by atoms with Gasteiger partial charge in [-0.05, 0) is 31.0 Å². The number of halogens is 1. The van der Waals surface area contributed by atoms with Crippen molar-refractivity contribution < 1.29 is 9.53 Å². The molecule has 0 amide bonds. The first-order valence-corrected chi connectivity index (χ1v) is 5.72. The van der Waals surface area contributed by atoms with Gasteiger partial charge in [0, 0.05) is 4.47 Å². The molecule has 0 unspecified atom stereocenters. The SMILES string of the molecule is CCOC(=O)Cc1cc(C)c(Br)cc1C#N. The first-order chi connectivity index (χ1) is 7.58. The summed E-state index contributed by atoms with van der Waals surface area (Å²) in [6.45, 7) is 4.03. The number of carbonyl (C=O) groups is 1. The average molecular weight is 282 g/mol. The molecule has 1 rings (SSSR count). The van der Waals surface area contributed by atoms with Gasteiger partial charge in [-0.25, -0.2) is 0 Å². The number of nitriles is 1. The number of benzene rings is 1. The van der Waals surface area contributed by atoms with Crippen molar-refractivity contribution in [3.05, 3.63) is 33.3 Å². The van der Waals surface area contributed by atoms with Crippen LogP contribution in [0.2, 0.25) is 0 Å². The van der Waals surface area contributed by atoms with Gasteiger partial charge in [0.15, 0.2) is 0 Å². The molecule has 1 aromatic carbocycles. The van der Waals surface area contributed by atoms with Gasteiger partial charge in [0.2, 0.25) is 0 Å². The molecule has 0 aromatic heterocycles. The Morgan fingerprint density at radius 2 is 2.25 bits per heavy atom. The molecule has 0 saturated carbocycles. The summed E-state index contributed by atoms with van der Waals surface area (Å²) in [5, 5.41) is 8.95. The number of hydrogen-bond donors (Lipinski definition) is 0. The third-order valence-electron chi connectivity index (χ3n) is 2.15. The number of ether oxygens (including phenoxy) is 1. The Bertz CT molecular complexity index is 449. The maximum Gasteiger partial charge on any atom is 0.310 e. The highest BCUT2D eigenvalue weighted by molar-refractivity contribution is 9.10. The van der Waals surface area contributed by atoms with Crippen molar-refractivity contribution in [2.75, 3.05) is 6.61 Å². The van der Waals surface area contributed by atoms with Gasteiger partial charge in [0.05, 0.1) is 24.7 Å². The van der Waals surface area contributed by atoms with Crippen LogP contribution in [0.4, 0.5) is 0 Å². The van der Waals surface area contributed by atoms with Crippen LogP contribution in [0, 0.1) is 18.3 Å². The van der Waals surface area contributed by atoms with Gasteiger partial charge in [-0.1, -0.05) is 22.0 Å². The minimum Gasteiger partial charge on any atom is -0.466 e. The lowest BCUT2D eigenvalue weighted by Gasteiger charge is -2.06. The molecule has 0 fully saturated rings. The van der Waals surface area contributed by atoms with E-state index in [1.807, 2.05) is 13.0 Å². The van der Waals surface area contributed by atoms with Crippen molar-refractivity contribution in [1.82, 2.24) is 0 Å². The molecular formula is C12H12BrNO2. The van der Waals surface area contributed by atoms with Crippen LogP contribution in [0.25, 0.3) is 0 Å². The fraction of sp³-hybridized carbons (Fsp3) is 0.333. The number of aryl methyl sites for hydroxylation is 1. The maximum atomic E-state index is 11.3. The molecule has 84 valence electrons. The third-order valence-corrected chi connectivity index (χ3v) is 3.00. The summed E-state index contributed by atoms with van der Waals surface area (Å²) in [6.07, 6.45) is 0.144. The largest absolute Gasteiger partial charge is 0.466 e. The normalized spacial score (nSPS) is 9.62. The van der Waals surface area contributed by atoms with Crippen molar-refractivity contribution in [1.29, 1.82) is 5.26 Å². The molecule has 0 spiro atoms. The number of nitrogens with zero attached hydrogens (tertiary/aromatic N) is 1. The Balaban J connectivity index is 3.00. The van der Waals surface area contributed by atoms with Crippen LogP contribution in [0.3, 0.4) is 0 Å². The fourth-order valence-corrected chi connectivity index (χ4v) is 1.70. The van der Waals surface area contributed by atoms with E-state index < -0.39 is 0 Å². The summed E-state index contributed by atoms with van der Waals surface area (Å²) in [7, 11) is 0. The van der Waals surface area contributed by atoms with E-state index in [1.165, 1.54) is 0 Å². The zero-order valence-electron chi connectivity index (χ0n) is 9.21. The highest BCUT2D eigenvalue weighted by atomic mass is 79.9. The second-order valence-electron chi connectivity index (χ2n) is 3.35. The molecule has 0 aliphatic rings. The predicted molar refractivity (Wildman–Crippen MR) is 63.9 cm³/mol. The smallest absolute Gasteiger partial charge is 0.310 e. The topological polar surface area (TPSA) is 50.1 Å². The molecular weight excluding hydrogens is 270 g/mol. The summed E-state index contributed by atoms with van der Waals surface area (Å²) < 4.78 is 5.73. The molecule has 1 aromatic rings. The van der Waals surface area contributed by atoms with Crippen LogP contribution in [0.1, 0.15) is 23.6 Å². The van der Waals surface area contributed by atoms with Gasteiger partial charge in [-0.2, -0.15) is 5.26 Å². The summed E-state index contributed by atoms with van der Waals surface area (Å²) in [4.78, 5) is 11.3. The molecule has 0 aliphatic heterocycles. The molecule has 0 atom stereocenters. The van der Waals surface area contributed by atoms with Crippen LogP contribution in [-0.4, -0.2) is 12.6 Å². The fourth-order valence-electron chi connectivity index (χ4n) is 1.36. The van der Waals surface area contributed by atoms with E-state index in [0.29, 0.717) is 17.7 Å². The first-order valence-electron chi connectivity index (χ1n) is 4.93. The molecule has 16 heavy (non-hydrogen) atoms. The zero-order chi connectivity index (χ0) is 12.1. The third kappa shape index (κ3) is 3.07. The predicted octanol–water partition coefficient (Wildman–Crippen LogP) is 2.73. The highest BCUT2D eigenvalue weighted by Crippen LogP contribution is 2.21. The minimum absolute atomic E-state index is 0.144. The van der Waals surface area contributed by atoms with E-state index in [-0.39, 0.29) is 12.4 Å². The van der Waals surface area contributed by atoms with Gasteiger partial charge < -0.3 is 4.74 Å². The van der Waals surface area contributed by atoms with E-state index in [2.05, 4.69) is 22.0 Å². The second kappa shape index (κ2) is 5.66. The molecule has 4 heteroatoms. The lowest BCUT2D eigenvalue weighted by molar-refractivity contribution is -0.142. The highest BCUT2D eigenvalue weighted by Gasteiger charge is 2.10. The van der Waals surface area contributed by atoms with Gasteiger partial charge in [-0.15, -0.1) is 0 Å². The molecule has 0 N–H and O–H groups in total. The summed E-state index contributed by atoms with van der Waals surface area (Å²) in [5.74, 6) is -0.305. The average Bonchev–Trinajstić information content (AvgIpc) is 2.23. The lowest BCUT2D eigenvalue weighted by Crippen LogP contribution is -2.09. The van der Waals surface area contributed by atoms with Crippen LogP contribution in [0.5, 0.6) is 0 Å². The Hall–Kier alpha value is -1.34. The quantitative estimate of drug-likeness (QED) is 0.801. The van der Waals surface area contributed by atoms with Crippen LogP contribution in [-0.2, 0) is 16.0 Å². The number of carbonyl (C=O) groups excluding carboxylic acids is 1. The summed E-state index contributed by atoms with van der Waals surface area (Å²) in [6, 6.07) is 5.63. The Labute approximate surface area is 103 Å². The lowest BCUT2D eigenvalue weighted by atomic mass is 10.0. The molecule has 0 bridgehead atoms. The minimum atomic E-state index is -0.305. The summed E-state index contributed by atoms with van der Waals surface area (Å²) >= 11 is 3.35. The monoisotopic (exact) mass is 281 g/mol. The number of rotatable bonds is 3. The maximum absolute atomic E-state index is 11.3. The van der Waals surface area contributed by atoms with Gasteiger partial charge in [0.25, 0.3) is 0 Å². The summed E-state index contributed by atoms with van der Waals surface area (Å²) in [5.41, 5.74) is 2.21. The van der Waals surface area contributed by atoms with E-state index in [0.717, 1.165) is 10.0 Å². The first kappa shape index (κ1) is 12.7. The van der Waals surface area contributed by atoms with Crippen molar-refractivity contribution in [2.24, 2.45) is 0 Å². The molecule has 0 saturated heterocycles. The van der Waals surface area contributed by atoms with E-state index in [4.69, 9.17) is 10.00 Å². The van der Waals surface area contributed by atoms with Crippen molar-refractivity contribution in [3.63, 3.8) is 0 Å². The molecule has 0 radical (unpaired) electrons. The van der Waals surface area contributed by atoms with Crippen molar-refractivity contribution >= 4 is 21.9 Å². The van der Waals surface area contributed by atoms with Gasteiger partial charge in [0.1, 0.15) is 0 Å². The van der Waals surface area contributed by atoms with Crippen molar-refractivity contribution in [3.8, 4) is 6.07 Å². The van der Waals surface area contributed by atoms with E-state index >= 15 is 0 Å². The van der Waals surface area contributed by atoms with E-state index in [9.17, 15) is 4.79 Å². The second-order valence-corrected chi connectivity index (χ2v) is 4.21. The number of hydrogen-bond acceptors (Lipinski definition) is 3. The Morgan fingerprint density at radius 1 is 1.56 bits per heavy atom. The van der Waals surface area contributed by atoms with Crippen LogP contribution < -0.4 is 0 Å². The van der Waals surface area contributed by atoms with E-state index in [1.54, 1.807) is 13.0 Å². The Kier molecular flexibility index (Phi) is 4.51. The number of esters is 1. The zero-order valence-corrected chi connectivity index (χ0v) is 10.8. The van der Waals surface area contributed by atoms with Gasteiger partial charge >= 0.3 is 5.97 Å². The Morgan fingerprint density at radius 3 is 2.81 bits per heavy atom. The van der Waals surface area contributed by atoms with Crippen LogP contribution in [0.15, 0.2) is 16.6 Å². The standard InChI is InChI=1S/C12H12BrNO2/c1-3-16-12(15)6-9-4-8(2)11(13)5-10(9)7-14/h4-5H,3,6H2,1-2H3. The molecule has 0 heterocycles. The van der Waals surface area contributed by atoms with Gasteiger partial charge in [-0.3, -0.25) is 4.79 Å².